The van der Waals surface area contributed by atoms with Crippen molar-refractivity contribution in [3.8, 4) is 5.75 Å². The fourth-order valence-corrected chi connectivity index (χ4v) is 4.01. The van der Waals surface area contributed by atoms with E-state index in [4.69, 9.17) is 27.9 Å². The molecule has 1 heterocycles. The van der Waals surface area contributed by atoms with Gasteiger partial charge >= 0.3 is 5.91 Å². The van der Waals surface area contributed by atoms with Crippen LogP contribution in [0.15, 0.2) is 72.8 Å². The maximum absolute atomic E-state index is 12.9. The Morgan fingerprint density at radius 1 is 1.06 bits per heavy atom. The normalized spacial score (nSPS) is 19.0. The van der Waals surface area contributed by atoms with Crippen molar-refractivity contribution in [1.29, 1.82) is 0 Å². The first kappa shape index (κ1) is 21.9. The molecule has 3 aromatic rings. The molecule has 0 aromatic heterocycles. The van der Waals surface area contributed by atoms with Gasteiger partial charge in [0.25, 0.3) is 5.91 Å². The van der Waals surface area contributed by atoms with Crippen LogP contribution in [-0.4, -0.2) is 35.9 Å². The lowest BCUT2D eigenvalue weighted by Crippen LogP contribution is -2.42. The van der Waals surface area contributed by atoms with E-state index < -0.39 is 12.1 Å². The molecule has 0 saturated carbocycles. The SMILES string of the molecule is COc1ccc(C(=O)N[C@@H]2C(=O)N/[N+](=C\c3ccc(Cl)cc3Cl)[C@@H]2c2ccccc2)cc1. The largest absolute Gasteiger partial charge is 0.497 e. The molecule has 1 aliphatic heterocycles. The Morgan fingerprint density at radius 2 is 1.78 bits per heavy atom. The van der Waals surface area contributed by atoms with Gasteiger partial charge in [0.2, 0.25) is 12.3 Å². The minimum atomic E-state index is -0.825. The fourth-order valence-electron chi connectivity index (χ4n) is 3.55. The third kappa shape index (κ3) is 4.61. The van der Waals surface area contributed by atoms with Crippen LogP contribution in [0.2, 0.25) is 10.0 Å². The molecule has 1 saturated heterocycles. The summed E-state index contributed by atoms with van der Waals surface area (Å²) in [6.45, 7) is 0. The molecular formula is C24H20Cl2N3O3+. The Morgan fingerprint density at radius 3 is 2.44 bits per heavy atom. The van der Waals surface area contributed by atoms with Crippen LogP contribution in [0.3, 0.4) is 0 Å². The summed E-state index contributed by atoms with van der Waals surface area (Å²) in [5, 5.41) is 3.83. The molecule has 2 amide bonds. The van der Waals surface area contributed by atoms with E-state index in [0.717, 1.165) is 5.56 Å². The van der Waals surface area contributed by atoms with E-state index in [2.05, 4.69) is 10.7 Å². The van der Waals surface area contributed by atoms with Gasteiger partial charge in [0.05, 0.1) is 17.7 Å². The molecule has 0 spiro atoms. The third-order valence-electron chi connectivity index (χ3n) is 5.16. The number of carbonyl (C=O) groups excluding carboxylic acids is 2. The molecule has 0 unspecified atom stereocenters. The Hall–Kier alpha value is -3.35. The summed E-state index contributed by atoms with van der Waals surface area (Å²) in [5.41, 5.74) is 4.79. The fraction of sp³-hybridized carbons (Fsp3) is 0.125. The van der Waals surface area contributed by atoms with Crippen LogP contribution in [0.25, 0.3) is 0 Å². The molecule has 1 fully saturated rings. The average molecular weight is 469 g/mol. The lowest BCUT2D eigenvalue weighted by molar-refractivity contribution is -0.596. The Labute approximate surface area is 195 Å². The molecule has 0 bridgehead atoms. The monoisotopic (exact) mass is 468 g/mol. The number of hydrogen-bond acceptors (Lipinski definition) is 3. The topological polar surface area (TPSA) is 70.4 Å². The molecule has 0 radical (unpaired) electrons. The van der Waals surface area contributed by atoms with Gasteiger partial charge in [0, 0.05) is 16.1 Å². The highest BCUT2D eigenvalue weighted by molar-refractivity contribution is 6.36. The quantitative estimate of drug-likeness (QED) is 0.555. The van der Waals surface area contributed by atoms with Crippen molar-refractivity contribution in [1.82, 2.24) is 10.7 Å². The molecule has 0 aliphatic carbocycles. The van der Waals surface area contributed by atoms with Crippen molar-refractivity contribution < 1.29 is 19.0 Å². The van der Waals surface area contributed by atoms with Gasteiger partial charge in [-0.1, -0.05) is 53.5 Å². The maximum atomic E-state index is 12.9. The first-order valence-electron chi connectivity index (χ1n) is 9.85. The minimum Gasteiger partial charge on any atom is -0.497 e. The number of hydrazone groups is 1. The summed E-state index contributed by atoms with van der Waals surface area (Å²) in [6, 6.07) is 20.0. The van der Waals surface area contributed by atoms with Crippen LogP contribution in [-0.2, 0) is 4.79 Å². The minimum absolute atomic E-state index is 0.331. The summed E-state index contributed by atoms with van der Waals surface area (Å²) in [5.74, 6) is -0.0508. The van der Waals surface area contributed by atoms with Crippen molar-refractivity contribution in [2.75, 3.05) is 7.11 Å². The molecule has 2 N–H and O–H groups in total. The van der Waals surface area contributed by atoms with E-state index >= 15 is 0 Å². The van der Waals surface area contributed by atoms with Gasteiger partial charge in [0.1, 0.15) is 5.75 Å². The number of nitrogens with one attached hydrogen (secondary N) is 2. The first-order chi connectivity index (χ1) is 15.5. The van der Waals surface area contributed by atoms with Gasteiger partial charge < -0.3 is 10.1 Å². The van der Waals surface area contributed by atoms with Gasteiger partial charge in [-0.05, 0) is 42.5 Å². The zero-order valence-electron chi connectivity index (χ0n) is 17.1. The van der Waals surface area contributed by atoms with Gasteiger partial charge in [0.15, 0.2) is 6.04 Å². The molecule has 6 nitrogen and oxygen atoms in total. The number of carbonyl (C=O) groups is 2. The second-order valence-corrected chi connectivity index (χ2v) is 8.06. The van der Waals surface area contributed by atoms with Crippen LogP contribution >= 0.6 is 23.2 Å². The van der Waals surface area contributed by atoms with Crippen LogP contribution in [0.4, 0.5) is 0 Å². The highest BCUT2D eigenvalue weighted by atomic mass is 35.5. The average Bonchev–Trinajstić information content (AvgIpc) is 3.10. The molecule has 162 valence electrons. The lowest BCUT2D eigenvalue weighted by atomic mass is 10.00. The van der Waals surface area contributed by atoms with E-state index in [-0.39, 0.29) is 11.8 Å². The predicted molar refractivity (Wildman–Crippen MR) is 123 cm³/mol. The molecule has 3 aromatic carbocycles. The number of benzene rings is 3. The number of amides is 2. The molecule has 4 rings (SSSR count). The number of hydrazine groups is 1. The number of ether oxygens (including phenoxy) is 1. The van der Waals surface area contributed by atoms with Crippen molar-refractivity contribution in [2.45, 2.75) is 12.1 Å². The van der Waals surface area contributed by atoms with Crippen molar-refractivity contribution in [2.24, 2.45) is 0 Å². The van der Waals surface area contributed by atoms with Crippen molar-refractivity contribution >= 4 is 41.2 Å². The second kappa shape index (κ2) is 9.42. The van der Waals surface area contributed by atoms with Gasteiger partial charge in [-0.3, -0.25) is 9.59 Å². The van der Waals surface area contributed by atoms with E-state index in [1.807, 2.05) is 30.3 Å². The highest BCUT2D eigenvalue weighted by Crippen LogP contribution is 2.27. The Balaban J connectivity index is 1.68. The summed E-state index contributed by atoms with van der Waals surface area (Å²) in [4.78, 5) is 25.8. The number of nitrogens with zero attached hydrogens (tertiary/aromatic N) is 1. The molecule has 32 heavy (non-hydrogen) atoms. The van der Waals surface area contributed by atoms with Crippen molar-refractivity contribution in [3.63, 3.8) is 0 Å². The maximum Gasteiger partial charge on any atom is 0.304 e. The zero-order valence-corrected chi connectivity index (χ0v) is 18.6. The van der Waals surface area contributed by atoms with E-state index in [1.54, 1.807) is 60.5 Å². The number of halogens is 2. The molecule has 1 aliphatic rings. The second-order valence-electron chi connectivity index (χ2n) is 7.21. The standard InChI is InChI=1S/C24H19Cl2N3O3/c1-32-19-11-8-16(9-12-19)23(30)27-21-22(15-5-3-2-4-6-15)29(28-24(21)31)14-17-7-10-18(25)13-20(17)26/h2-14,21-22H,1H3,(H-,27,28,30,31)/p+1/b29-14-/t21-,22+/m0/s1. The zero-order chi connectivity index (χ0) is 22.7. The first-order valence-corrected chi connectivity index (χ1v) is 10.6. The summed E-state index contributed by atoms with van der Waals surface area (Å²) in [7, 11) is 1.56. The van der Waals surface area contributed by atoms with Crippen LogP contribution in [0.5, 0.6) is 5.75 Å². The number of methoxy groups -OCH3 is 1. The predicted octanol–water partition coefficient (Wildman–Crippen LogP) is 4.02. The van der Waals surface area contributed by atoms with Gasteiger partial charge in [-0.2, -0.15) is 0 Å². The van der Waals surface area contributed by atoms with Gasteiger partial charge in [-0.25, -0.2) is 0 Å². The van der Waals surface area contributed by atoms with Crippen LogP contribution in [0.1, 0.15) is 27.5 Å². The Kier molecular flexibility index (Phi) is 6.44. The van der Waals surface area contributed by atoms with E-state index in [1.165, 1.54) is 0 Å². The smallest absolute Gasteiger partial charge is 0.304 e. The Bertz CT molecular complexity index is 1180. The van der Waals surface area contributed by atoms with E-state index in [9.17, 15) is 9.59 Å². The van der Waals surface area contributed by atoms with Gasteiger partial charge in [-0.15, -0.1) is 10.1 Å². The molecule has 2 atom stereocenters. The molecule has 8 heteroatoms. The number of rotatable bonds is 5. The van der Waals surface area contributed by atoms with Crippen LogP contribution in [0, 0.1) is 0 Å². The van der Waals surface area contributed by atoms with Crippen molar-refractivity contribution in [3.05, 3.63) is 99.5 Å². The van der Waals surface area contributed by atoms with Crippen LogP contribution < -0.4 is 15.5 Å². The lowest BCUT2D eigenvalue weighted by Gasteiger charge is -2.15. The summed E-state index contributed by atoms with van der Waals surface area (Å²) < 4.78 is 6.79. The number of hydrogen-bond donors (Lipinski definition) is 2. The molecular weight excluding hydrogens is 449 g/mol. The summed E-state index contributed by atoms with van der Waals surface area (Å²) >= 11 is 12.3. The summed E-state index contributed by atoms with van der Waals surface area (Å²) in [6.07, 6.45) is 1.73. The van der Waals surface area contributed by atoms with E-state index in [0.29, 0.717) is 26.9 Å². The highest BCUT2D eigenvalue weighted by Gasteiger charge is 2.47. The third-order valence-corrected chi connectivity index (χ3v) is 5.72.